The molecule has 0 aliphatic carbocycles. The number of nitrogens with one attached hydrogen (secondary N) is 1. The van der Waals surface area contributed by atoms with Crippen molar-refractivity contribution in [1.29, 1.82) is 0 Å². The van der Waals surface area contributed by atoms with E-state index in [1.165, 1.54) is 21.9 Å². The molecule has 4 aromatic rings. The summed E-state index contributed by atoms with van der Waals surface area (Å²) in [5.41, 5.74) is 3.68. The summed E-state index contributed by atoms with van der Waals surface area (Å²) in [5.74, 6) is 0. The van der Waals surface area contributed by atoms with Crippen LogP contribution in [0.2, 0.25) is 0 Å². The first-order valence-electron chi connectivity index (χ1n) is 8.26. The van der Waals surface area contributed by atoms with Gasteiger partial charge in [0.2, 0.25) is 0 Å². The maximum absolute atomic E-state index is 3.70. The van der Waals surface area contributed by atoms with E-state index in [1.54, 1.807) is 0 Å². The zero-order valence-corrected chi connectivity index (χ0v) is 13.4. The molecule has 0 amide bonds. The van der Waals surface area contributed by atoms with Gasteiger partial charge in [-0.15, -0.1) is 0 Å². The van der Waals surface area contributed by atoms with Gasteiger partial charge in [-0.3, -0.25) is 0 Å². The van der Waals surface area contributed by atoms with Crippen molar-refractivity contribution in [3.63, 3.8) is 0 Å². The Morgan fingerprint density at radius 2 is 1.17 bits per heavy atom. The summed E-state index contributed by atoms with van der Waals surface area (Å²) in [6.45, 7) is 0. The molecule has 0 radical (unpaired) electrons. The van der Waals surface area contributed by atoms with Gasteiger partial charge in [-0.2, -0.15) is 0 Å². The number of rotatable bonds is 4. The molecule has 1 N–H and O–H groups in total. The van der Waals surface area contributed by atoms with Crippen LogP contribution in [0.5, 0.6) is 0 Å². The third kappa shape index (κ3) is 2.89. The highest BCUT2D eigenvalue weighted by atomic mass is 14.9. The number of hydrogen-bond acceptors (Lipinski definition) is 1. The van der Waals surface area contributed by atoms with E-state index in [1.807, 2.05) is 6.07 Å². The van der Waals surface area contributed by atoms with Crippen molar-refractivity contribution in [2.75, 3.05) is 5.32 Å². The van der Waals surface area contributed by atoms with Gasteiger partial charge in [0.05, 0.1) is 6.04 Å². The van der Waals surface area contributed by atoms with Crippen molar-refractivity contribution >= 4 is 16.5 Å². The van der Waals surface area contributed by atoms with Crippen molar-refractivity contribution in [3.05, 3.63) is 114 Å². The average molecular weight is 309 g/mol. The lowest BCUT2D eigenvalue weighted by molar-refractivity contribution is 0.950. The number of fused-ring (bicyclic) bond motifs is 1. The number of anilines is 1. The van der Waals surface area contributed by atoms with Gasteiger partial charge in [-0.25, -0.2) is 0 Å². The maximum Gasteiger partial charge on any atom is 0.0773 e. The minimum atomic E-state index is 0.111. The number of hydrogen-bond donors (Lipinski definition) is 1. The summed E-state index contributed by atoms with van der Waals surface area (Å²) in [4.78, 5) is 0. The molecule has 1 nitrogen and oxygen atoms in total. The first kappa shape index (κ1) is 14.5. The van der Waals surface area contributed by atoms with Gasteiger partial charge in [0.25, 0.3) is 0 Å². The largest absolute Gasteiger partial charge is 0.374 e. The fourth-order valence-electron chi connectivity index (χ4n) is 3.19. The molecular weight excluding hydrogens is 290 g/mol. The maximum atomic E-state index is 3.70. The lowest BCUT2D eigenvalue weighted by Crippen LogP contribution is -2.12. The minimum absolute atomic E-state index is 0.111. The van der Waals surface area contributed by atoms with Crippen LogP contribution in [0.3, 0.4) is 0 Å². The summed E-state index contributed by atoms with van der Waals surface area (Å²) in [7, 11) is 0. The van der Waals surface area contributed by atoms with E-state index >= 15 is 0 Å². The smallest absolute Gasteiger partial charge is 0.0773 e. The summed E-state index contributed by atoms with van der Waals surface area (Å²) in [5, 5.41) is 6.26. The van der Waals surface area contributed by atoms with Crippen LogP contribution in [0.25, 0.3) is 10.8 Å². The van der Waals surface area contributed by atoms with Crippen LogP contribution >= 0.6 is 0 Å². The Labute approximate surface area is 142 Å². The second-order valence-electron chi connectivity index (χ2n) is 5.92. The molecule has 0 aromatic heterocycles. The van der Waals surface area contributed by atoms with Crippen LogP contribution in [0, 0.1) is 0 Å². The van der Waals surface area contributed by atoms with E-state index < -0.39 is 0 Å². The summed E-state index contributed by atoms with van der Waals surface area (Å²) >= 11 is 0. The fraction of sp³-hybridized carbons (Fsp3) is 0.0435. The molecular formula is C23H19N. The van der Waals surface area contributed by atoms with Gasteiger partial charge < -0.3 is 5.32 Å². The Balaban J connectivity index is 1.86. The van der Waals surface area contributed by atoms with E-state index in [-0.39, 0.29) is 6.04 Å². The first-order valence-corrected chi connectivity index (χ1v) is 8.26. The second-order valence-corrected chi connectivity index (χ2v) is 5.92. The molecule has 0 aliphatic heterocycles. The lowest BCUT2D eigenvalue weighted by Gasteiger charge is -2.22. The monoisotopic (exact) mass is 309 g/mol. The van der Waals surface area contributed by atoms with Crippen LogP contribution in [-0.2, 0) is 0 Å². The summed E-state index contributed by atoms with van der Waals surface area (Å²) in [6.07, 6.45) is 0. The summed E-state index contributed by atoms with van der Waals surface area (Å²) < 4.78 is 0. The Morgan fingerprint density at radius 1 is 0.542 bits per heavy atom. The first-order chi connectivity index (χ1) is 11.9. The molecule has 1 unspecified atom stereocenters. The van der Waals surface area contributed by atoms with Crippen LogP contribution in [0.4, 0.5) is 5.69 Å². The molecule has 1 atom stereocenters. The molecule has 4 rings (SSSR count). The van der Waals surface area contributed by atoms with E-state index in [4.69, 9.17) is 0 Å². The van der Waals surface area contributed by atoms with Crippen molar-refractivity contribution in [2.45, 2.75) is 6.04 Å². The lowest BCUT2D eigenvalue weighted by atomic mass is 9.93. The Bertz CT molecular complexity index is 924. The van der Waals surface area contributed by atoms with E-state index in [2.05, 4.69) is 102 Å². The van der Waals surface area contributed by atoms with Crippen molar-refractivity contribution in [3.8, 4) is 0 Å². The molecule has 116 valence electrons. The summed E-state index contributed by atoms with van der Waals surface area (Å²) in [6, 6.07) is 36.2. The highest BCUT2D eigenvalue weighted by molar-refractivity contribution is 5.87. The van der Waals surface area contributed by atoms with Crippen molar-refractivity contribution < 1.29 is 0 Å². The Morgan fingerprint density at radius 3 is 1.96 bits per heavy atom. The highest BCUT2D eigenvalue weighted by Crippen LogP contribution is 2.31. The third-order valence-electron chi connectivity index (χ3n) is 4.35. The zero-order chi connectivity index (χ0) is 16.2. The minimum Gasteiger partial charge on any atom is -0.374 e. The molecule has 0 spiro atoms. The molecule has 0 aliphatic rings. The number of benzene rings is 4. The van der Waals surface area contributed by atoms with Crippen molar-refractivity contribution in [2.24, 2.45) is 0 Å². The van der Waals surface area contributed by atoms with Crippen LogP contribution < -0.4 is 5.32 Å². The molecule has 1 heteroatoms. The van der Waals surface area contributed by atoms with Crippen molar-refractivity contribution in [1.82, 2.24) is 0 Å². The zero-order valence-electron chi connectivity index (χ0n) is 13.4. The Kier molecular flexibility index (Phi) is 3.99. The van der Waals surface area contributed by atoms with E-state index in [9.17, 15) is 0 Å². The topological polar surface area (TPSA) is 12.0 Å². The van der Waals surface area contributed by atoms with Crippen LogP contribution in [0.1, 0.15) is 17.2 Å². The molecule has 0 heterocycles. The van der Waals surface area contributed by atoms with E-state index in [0.29, 0.717) is 0 Å². The van der Waals surface area contributed by atoms with Gasteiger partial charge in [0, 0.05) is 5.69 Å². The predicted molar refractivity (Wildman–Crippen MR) is 102 cm³/mol. The SMILES string of the molecule is c1ccc(NC(c2ccccc2)c2cccc3ccccc23)cc1. The predicted octanol–water partition coefficient (Wildman–Crippen LogP) is 6.04. The van der Waals surface area contributed by atoms with Gasteiger partial charge in [-0.1, -0.05) is 91.0 Å². The molecule has 24 heavy (non-hydrogen) atoms. The fourth-order valence-corrected chi connectivity index (χ4v) is 3.19. The molecule has 4 aromatic carbocycles. The Hall–Kier alpha value is -3.06. The molecule has 0 saturated heterocycles. The van der Waals surface area contributed by atoms with Crippen LogP contribution in [-0.4, -0.2) is 0 Å². The molecule has 0 saturated carbocycles. The molecule has 0 bridgehead atoms. The normalized spacial score (nSPS) is 12.0. The molecule has 0 fully saturated rings. The van der Waals surface area contributed by atoms with Gasteiger partial charge in [-0.05, 0) is 34.0 Å². The average Bonchev–Trinajstić information content (AvgIpc) is 2.67. The number of para-hydroxylation sites is 1. The third-order valence-corrected chi connectivity index (χ3v) is 4.35. The standard InChI is InChI=1S/C23H19N/c1-3-11-19(12-4-1)23(24-20-14-5-2-6-15-20)22-17-9-13-18-10-7-8-16-21(18)22/h1-17,23-24H. The van der Waals surface area contributed by atoms with Crippen LogP contribution in [0.15, 0.2) is 103 Å². The second kappa shape index (κ2) is 6.59. The highest BCUT2D eigenvalue weighted by Gasteiger charge is 2.16. The van der Waals surface area contributed by atoms with Gasteiger partial charge in [0.15, 0.2) is 0 Å². The van der Waals surface area contributed by atoms with Gasteiger partial charge >= 0.3 is 0 Å². The van der Waals surface area contributed by atoms with Gasteiger partial charge in [0.1, 0.15) is 0 Å². The van der Waals surface area contributed by atoms with E-state index in [0.717, 1.165) is 5.69 Å². The quantitative estimate of drug-likeness (QED) is 0.484.